The number of nitrogens with one attached hydrogen (secondary N) is 1. The topological polar surface area (TPSA) is 93.0 Å². The van der Waals surface area contributed by atoms with Crippen molar-refractivity contribution in [2.24, 2.45) is 9.98 Å². The summed E-state index contributed by atoms with van der Waals surface area (Å²) in [5.74, 6) is 2.20. The van der Waals surface area contributed by atoms with Crippen LogP contribution in [0.4, 0.5) is 10.5 Å². The van der Waals surface area contributed by atoms with E-state index in [9.17, 15) is 9.59 Å². The maximum absolute atomic E-state index is 12.4. The third-order valence-electron chi connectivity index (χ3n) is 3.84. The van der Waals surface area contributed by atoms with Crippen LogP contribution >= 0.6 is 11.8 Å². The van der Waals surface area contributed by atoms with E-state index in [1.54, 1.807) is 36.5 Å². The summed E-state index contributed by atoms with van der Waals surface area (Å²) in [6.07, 6.45) is 2.70. The lowest BCUT2D eigenvalue weighted by molar-refractivity contribution is 0.102. The molecule has 3 heterocycles. The Hall–Kier alpha value is -2.74. The first kappa shape index (κ1) is 15.8. The minimum atomic E-state index is -0.528. The number of amides is 3. The number of thioether (sulfide) groups is 1. The molecule has 3 amide bonds. The summed E-state index contributed by atoms with van der Waals surface area (Å²) in [5, 5.41) is 3.75. The lowest BCUT2D eigenvalue weighted by Crippen LogP contribution is -2.23. The van der Waals surface area contributed by atoms with Crippen LogP contribution in [-0.4, -0.2) is 34.5 Å². The van der Waals surface area contributed by atoms with Gasteiger partial charge in [0, 0.05) is 29.3 Å². The highest BCUT2D eigenvalue weighted by Gasteiger charge is 2.18. The van der Waals surface area contributed by atoms with E-state index in [1.807, 2.05) is 11.8 Å². The van der Waals surface area contributed by atoms with E-state index in [-0.39, 0.29) is 12.0 Å². The maximum Gasteiger partial charge on any atom is 0.368 e. The molecule has 2 aliphatic rings. The number of carbonyl (C=O) groups excluding carboxylic acids is 2. The van der Waals surface area contributed by atoms with Gasteiger partial charge in [-0.2, -0.15) is 21.7 Å². The summed E-state index contributed by atoms with van der Waals surface area (Å²) in [6, 6.07) is 7.69. The van der Waals surface area contributed by atoms with E-state index in [0.717, 1.165) is 17.9 Å². The van der Waals surface area contributed by atoms with Crippen LogP contribution < -0.4 is 20.8 Å². The molecule has 8 heteroatoms. The zero-order chi connectivity index (χ0) is 17.2. The van der Waals surface area contributed by atoms with Crippen molar-refractivity contribution in [2.45, 2.75) is 12.5 Å². The average Bonchev–Trinajstić information content (AvgIpc) is 3.23. The molecule has 0 bridgehead atoms. The van der Waals surface area contributed by atoms with Gasteiger partial charge in [-0.15, -0.1) is 0 Å². The van der Waals surface area contributed by atoms with Gasteiger partial charge in [0.15, 0.2) is 0 Å². The second kappa shape index (κ2) is 6.64. The molecule has 1 saturated heterocycles. The Balaban J connectivity index is 1.50. The largest absolute Gasteiger partial charge is 0.473 e. The number of fused-ring (bicyclic) bond motifs is 1. The highest BCUT2D eigenvalue weighted by atomic mass is 32.2. The van der Waals surface area contributed by atoms with E-state index >= 15 is 0 Å². The van der Waals surface area contributed by atoms with E-state index < -0.39 is 6.03 Å². The predicted molar refractivity (Wildman–Crippen MR) is 92.7 cm³/mol. The second-order valence-electron chi connectivity index (χ2n) is 5.65. The molecule has 1 aromatic carbocycles. The van der Waals surface area contributed by atoms with E-state index in [0.29, 0.717) is 27.8 Å². The number of aromatic nitrogens is 1. The van der Waals surface area contributed by atoms with Crippen molar-refractivity contribution in [3.63, 3.8) is 0 Å². The molecule has 0 spiro atoms. The SMILES string of the molecule is O=C1N=c2ccc(NC(=O)c3ccnc(OC4CCSC4)c3)cc2=N1. The molecule has 2 aliphatic heterocycles. The zero-order valence-corrected chi connectivity index (χ0v) is 14.0. The molecular formula is C17H14N4O3S. The summed E-state index contributed by atoms with van der Waals surface area (Å²) >= 11 is 1.85. The number of anilines is 1. The first-order valence-electron chi connectivity index (χ1n) is 7.81. The zero-order valence-electron chi connectivity index (χ0n) is 13.1. The van der Waals surface area contributed by atoms with Crippen molar-refractivity contribution < 1.29 is 14.3 Å². The van der Waals surface area contributed by atoms with Gasteiger partial charge < -0.3 is 10.1 Å². The van der Waals surface area contributed by atoms with Gasteiger partial charge in [-0.25, -0.2) is 9.78 Å². The Morgan fingerprint density at radius 3 is 2.92 bits per heavy atom. The van der Waals surface area contributed by atoms with Crippen molar-refractivity contribution in [3.8, 4) is 5.88 Å². The standard InChI is InChI=1S/C17H14N4O3S/c22-16(19-11-1-2-13-14(8-11)21-17(23)20-13)10-3-5-18-15(7-10)24-12-4-6-25-9-12/h1-3,5,7-8,12H,4,6,9H2,(H,19,22). The Morgan fingerprint density at radius 2 is 2.08 bits per heavy atom. The lowest BCUT2D eigenvalue weighted by atomic mass is 10.2. The fraction of sp³-hybridized carbons (Fsp3) is 0.235. The molecular weight excluding hydrogens is 340 g/mol. The molecule has 1 aromatic heterocycles. The molecule has 0 radical (unpaired) electrons. The summed E-state index contributed by atoms with van der Waals surface area (Å²) in [7, 11) is 0. The Bertz CT molecular complexity index is 970. The van der Waals surface area contributed by atoms with Gasteiger partial charge in [0.25, 0.3) is 5.91 Å². The summed E-state index contributed by atoms with van der Waals surface area (Å²) < 4.78 is 5.81. The first-order chi connectivity index (χ1) is 12.2. The van der Waals surface area contributed by atoms with Gasteiger partial charge in [0.05, 0.1) is 10.7 Å². The summed E-state index contributed by atoms with van der Waals surface area (Å²) in [6.45, 7) is 0. The molecule has 0 aliphatic carbocycles. The van der Waals surface area contributed by atoms with Crippen LogP contribution in [-0.2, 0) is 0 Å². The minimum Gasteiger partial charge on any atom is -0.473 e. The number of nitrogens with zero attached hydrogens (tertiary/aromatic N) is 3. The highest BCUT2D eigenvalue weighted by molar-refractivity contribution is 7.99. The van der Waals surface area contributed by atoms with Crippen LogP contribution in [0.1, 0.15) is 16.8 Å². The van der Waals surface area contributed by atoms with Crippen LogP contribution in [0.15, 0.2) is 46.5 Å². The van der Waals surface area contributed by atoms with Crippen molar-refractivity contribution >= 4 is 29.4 Å². The van der Waals surface area contributed by atoms with Crippen LogP contribution in [0.25, 0.3) is 0 Å². The number of carbonyl (C=O) groups is 2. The van der Waals surface area contributed by atoms with Crippen LogP contribution in [0.5, 0.6) is 5.88 Å². The van der Waals surface area contributed by atoms with Crippen LogP contribution in [0.3, 0.4) is 0 Å². The maximum atomic E-state index is 12.4. The van der Waals surface area contributed by atoms with Gasteiger partial charge in [-0.1, -0.05) is 0 Å². The number of ether oxygens (including phenoxy) is 1. The third kappa shape index (κ3) is 3.53. The van der Waals surface area contributed by atoms with Gasteiger partial charge in [-0.3, -0.25) is 4.79 Å². The normalized spacial score (nSPS) is 18.2. The van der Waals surface area contributed by atoms with Crippen LogP contribution in [0.2, 0.25) is 0 Å². The number of pyridine rings is 1. The smallest absolute Gasteiger partial charge is 0.368 e. The van der Waals surface area contributed by atoms with Crippen LogP contribution in [0, 0.1) is 0 Å². The van der Waals surface area contributed by atoms with E-state index in [1.165, 1.54) is 0 Å². The average molecular weight is 354 g/mol. The van der Waals surface area contributed by atoms with Gasteiger partial charge in [0.2, 0.25) is 5.88 Å². The fourth-order valence-electron chi connectivity index (χ4n) is 2.61. The molecule has 1 fully saturated rings. The number of benzene rings is 1. The van der Waals surface area contributed by atoms with Gasteiger partial charge in [0.1, 0.15) is 6.10 Å². The van der Waals surface area contributed by atoms with Crippen molar-refractivity contribution in [1.29, 1.82) is 0 Å². The lowest BCUT2D eigenvalue weighted by Gasteiger charge is -2.12. The number of rotatable bonds is 4. The molecule has 25 heavy (non-hydrogen) atoms. The number of urea groups is 1. The molecule has 7 nitrogen and oxygen atoms in total. The highest BCUT2D eigenvalue weighted by Crippen LogP contribution is 2.22. The predicted octanol–water partition coefficient (Wildman–Crippen LogP) is 1.59. The Labute approximate surface area is 147 Å². The Morgan fingerprint density at radius 1 is 1.20 bits per heavy atom. The second-order valence-corrected chi connectivity index (χ2v) is 6.80. The third-order valence-corrected chi connectivity index (χ3v) is 4.97. The summed E-state index contributed by atoms with van der Waals surface area (Å²) in [5.41, 5.74) is 0.998. The molecule has 0 saturated carbocycles. The monoisotopic (exact) mass is 354 g/mol. The molecule has 1 unspecified atom stereocenters. The van der Waals surface area contributed by atoms with Gasteiger partial charge >= 0.3 is 6.03 Å². The molecule has 1 atom stereocenters. The molecule has 1 N–H and O–H groups in total. The molecule has 4 rings (SSSR count). The van der Waals surface area contributed by atoms with Crippen molar-refractivity contribution in [3.05, 3.63) is 52.8 Å². The van der Waals surface area contributed by atoms with Crippen molar-refractivity contribution in [1.82, 2.24) is 4.98 Å². The summed E-state index contributed by atoms with van der Waals surface area (Å²) in [4.78, 5) is 35.3. The minimum absolute atomic E-state index is 0.149. The first-order valence-corrected chi connectivity index (χ1v) is 8.96. The van der Waals surface area contributed by atoms with Gasteiger partial charge in [-0.05, 0) is 36.4 Å². The fourth-order valence-corrected chi connectivity index (χ4v) is 3.71. The van der Waals surface area contributed by atoms with E-state index in [4.69, 9.17) is 4.74 Å². The Kier molecular flexibility index (Phi) is 4.19. The van der Waals surface area contributed by atoms with Crippen molar-refractivity contribution in [2.75, 3.05) is 16.8 Å². The molecule has 2 aromatic rings. The van der Waals surface area contributed by atoms with E-state index in [2.05, 4.69) is 20.3 Å². The molecule has 126 valence electrons. The quantitative estimate of drug-likeness (QED) is 0.900. The number of hydrogen-bond acceptors (Lipinski definition) is 5. The number of hydrogen-bond donors (Lipinski definition) is 1.